The first-order chi connectivity index (χ1) is 7.72. The predicted octanol–water partition coefficient (Wildman–Crippen LogP) is 2.17. The second-order valence-electron chi connectivity index (χ2n) is 3.99. The highest BCUT2D eigenvalue weighted by atomic mass is 16.5. The average Bonchev–Trinajstić information content (AvgIpc) is 2.77. The summed E-state index contributed by atoms with van der Waals surface area (Å²) in [6, 6.07) is 7.80. The molecule has 1 fully saturated rings. The third-order valence-corrected chi connectivity index (χ3v) is 2.96. The molecular formula is C12H16N2O2. The monoisotopic (exact) mass is 220 g/mol. The van der Waals surface area contributed by atoms with Crippen LogP contribution in [0.15, 0.2) is 24.3 Å². The quantitative estimate of drug-likeness (QED) is 0.738. The van der Waals surface area contributed by atoms with Crippen molar-refractivity contribution in [1.82, 2.24) is 4.90 Å². The summed E-state index contributed by atoms with van der Waals surface area (Å²) in [6.45, 7) is 0.756. The maximum Gasteiger partial charge on any atom is 0.409 e. The van der Waals surface area contributed by atoms with Gasteiger partial charge in [-0.2, -0.15) is 0 Å². The van der Waals surface area contributed by atoms with E-state index >= 15 is 0 Å². The number of amides is 1. The average molecular weight is 220 g/mol. The highest BCUT2D eigenvalue weighted by Gasteiger charge is 2.30. The summed E-state index contributed by atoms with van der Waals surface area (Å²) in [7, 11) is 1.41. The minimum atomic E-state index is -0.259. The lowest BCUT2D eigenvalue weighted by Gasteiger charge is -2.23. The van der Waals surface area contributed by atoms with Crippen molar-refractivity contribution >= 4 is 11.8 Å². The molecule has 1 heterocycles. The lowest BCUT2D eigenvalue weighted by atomic mass is 10.0. The smallest absolute Gasteiger partial charge is 0.409 e. The predicted molar refractivity (Wildman–Crippen MR) is 61.9 cm³/mol. The molecule has 1 amide bonds. The molecule has 0 bridgehead atoms. The number of nitrogens with two attached hydrogens (primary N) is 1. The maximum atomic E-state index is 11.6. The largest absolute Gasteiger partial charge is 0.453 e. The lowest BCUT2D eigenvalue weighted by molar-refractivity contribution is 0.119. The Hall–Kier alpha value is -1.71. The number of carbonyl (C=O) groups excluding carboxylic acids is 1. The first kappa shape index (κ1) is 10.8. The van der Waals surface area contributed by atoms with Gasteiger partial charge in [-0.3, -0.25) is 0 Å². The van der Waals surface area contributed by atoms with Crippen LogP contribution in [0.4, 0.5) is 10.5 Å². The van der Waals surface area contributed by atoms with E-state index in [0.717, 1.165) is 30.6 Å². The fourth-order valence-corrected chi connectivity index (χ4v) is 2.22. The standard InChI is InChI=1S/C12H16N2O2/c1-16-12(15)14-7-3-6-11(14)9-4-2-5-10(13)8-9/h2,4-5,8,11H,3,6-7,13H2,1H3. The summed E-state index contributed by atoms with van der Waals surface area (Å²) in [5.41, 5.74) is 7.56. The zero-order valence-corrected chi connectivity index (χ0v) is 9.35. The Morgan fingerprint density at radius 1 is 1.56 bits per heavy atom. The van der Waals surface area contributed by atoms with E-state index in [0.29, 0.717) is 0 Å². The van der Waals surface area contributed by atoms with E-state index in [2.05, 4.69) is 0 Å². The van der Waals surface area contributed by atoms with Gasteiger partial charge in [-0.05, 0) is 30.5 Å². The third-order valence-electron chi connectivity index (χ3n) is 2.96. The fraction of sp³-hybridized carbons (Fsp3) is 0.417. The Morgan fingerprint density at radius 2 is 2.38 bits per heavy atom. The second-order valence-corrected chi connectivity index (χ2v) is 3.99. The van der Waals surface area contributed by atoms with Crippen LogP contribution in [0.3, 0.4) is 0 Å². The van der Waals surface area contributed by atoms with Gasteiger partial charge in [0.25, 0.3) is 0 Å². The van der Waals surface area contributed by atoms with E-state index in [4.69, 9.17) is 10.5 Å². The number of nitrogen functional groups attached to an aromatic ring is 1. The van der Waals surface area contributed by atoms with Gasteiger partial charge in [0.15, 0.2) is 0 Å². The number of rotatable bonds is 1. The summed E-state index contributed by atoms with van der Waals surface area (Å²) >= 11 is 0. The molecule has 0 radical (unpaired) electrons. The van der Waals surface area contributed by atoms with Gasteiger partial charge < -0.3 is 15.4 Å². The number of carbonyl (C=O) groups is 1. The number of methoxy groups -OCH3 is 1. The van der Waals surface area contributed by atoms with Gasteiger partial charge in [-0.25, -0.2) is 4.79 Å². The van der Waals surface area contributed by atoms with Crippen molar-refractivity contribution in [3.05, 3.63) is 29.8 Å². The van der Waals surface area contributed by atoms with Crippen LogP contribution in [0, 0.1) is 0 Å². The van der Waals surface area contributed by atoms with Crippen LogP contribution in [0.1, 0.15) is 24.4 Å². The molecule has 2 N–H and O–H groups in total. The van der Waals surface area contributed by atoms with Gasteiger partial charge in [0, 0.05) is 12.2 Å². The first-order valence-electron chi connectivity index (χ1n) is 5.42. The number of ether oxygens (including phenoxy) is 1. The van der Waals surface area contributed by atoms with Gasteiger partial charge >= 0.3 is 6.09 Å². The number of likely N-dealkylation sites (tertiary alicyclic amines) is 1. The van der Waals surface area contributed by atoms with Gasteiger partial charge in [0.05, 0.1) is 13.2 Å². The fourth-order valence-electron chi connectivity index (χ4n) is 2.22. The van der Waals surface area contributed by atoms with Crippen molar-refractivity contribution in [2.24, 2.45) is 0 Å². The molecule has 86 valence electrons. The third kappa shape index (κ3) is 1.96. The molecule has 0 aromatic heterocycles. The van der Waals surface area contributed by atoms with Gasteiger partial charge in [-0.15, -0.1) is 0 Å². The van der Waals surface area contributed by atoms with E-state index in [1.165, 1.54) is 7.11 Å². The molecule has 1 atom stereocenters. The van der Waals surface area contributed by atoms with E-state index in [1.807, 2.05) is 24.3 Å². The second kappa shape index (κ2) is 4.43. The van der Waals surface area contributed by atoms with Crippen molar-refractivity contribution in [2.75, 3.05) is 19.4 Å². The Kier molecular flexibility index (Phi) is 2.99. The van der Waals surface area contributed by atoms with Crippen LogP contribution in [0.2, 0.25) is 0 Å². The number of nitrogens with zero attached hydrogens (tertiary/aromatic N) is 1. The number of benzene rings is 1. The minimum absolute atomic E-state index is 0.107. The topological polar surface area (TPSA) is 55.6 Å². The molecule has 4 heteroatoms. The Bertz CT molecular complexity index is 392. The van der Waals surface area contributed by atoms with E-state index in [9.17, 15) is 4.79 Å². The molecule has 2 rings (SSSR count). The summed E-state index contributed by atoms with van der Waals surface area (Å²) < 4.78 is 4.77. The molecule has 1 aromatic rings. The highest BCUT2D eigenvalue weighted by Crippen LogP contribution is 2.32. The summed E-state index contributed by atoms with van der Waals surface area (Å²) in [5.74, 6) is 0. The highest BCUT2D eigenvalue weighted by molar-refractivity contribution is 5.68. The zero-order valence-electron chi connectivity index (χ0n) is 9.35. The molecule has 1 aliphatic heterocycles. The molecule has 0 spiro atoms. The molecular weight excluding hydrogens is 204 g/mol. The summed E-state index contributed by atoms with van der Waals surface area (Å²) in [4.78, 5) is 13.3. The van der Waals surface area contributed by atoms with Crippen LogP contribution in [0.25, 0.3) is 0 Å². The van der Waals surface area contributed by atoms with Crippen molar-refractivity contribution in [1.29, 1.82) is 0 Å². The van der Waals surface area contributed by atoms with Crippen LogP contribution in [-0.2, 0) is 4.74 Å². The zero-order chi connectivity index (χ0) is 11.5. The Balaban J connectivity index is 2.23. The lowest BCUT2D eigenvalue weighted by Crippen LogP contribution is -2.30. The Morgan fingerprint density at radius 3 is 3.06 bits per heavy atom. The van der Waals surface area contributed by atoms with Crippen LogP contribution in [-0.4, -0.2) is 24.6 Å². The molecule has 16 heavy (non-hydrogen) atoms. The normalized spacial score (nSPS) is 19.8. The molecule has 4 nitrogen and oxygen atoms in total. The van der Waals surface area contributed by atoms with Gasteiger partial charge in [0.2, 0.25) is 0 Å². The summed E-state index contributed by atoms with van der Waals surface area (Å²) in [6.07, 6.45) is 1.72. The van der Waals surface area contributed by atoms with Crippen molar-refractivity contribution in [2.45, 2.75) is 18.9 Å². The van der Waals surface area contributed by atoms with E-state index in [1.54, 1.807) is 4.90 Å². The van der Waals surface area contributed by atoms with Crippen molar-refractivity contribution in [3.8, 4) is 0 Å². The van der Waals surface area contributed by atoms with Crippen LogP contribution >= 0.6 is 0 Å². The van der Waals surface area contributed by atoms with Crippen LogP contribution < -0.4 is 5.73 Å². The van der Waals surface area contributed by atoms with Crippen molar-refractivity contribution < 1.29 is 9.53 Å². The van der Waals surface area contributed by atoms with Gasteiger partial charge in [-0.1, -0.05) is 12.1 Å². The van der Waals surface area contributed by atoms with E-state index in [-0.39, 0.29) is 12.1 Å². The number of anilines is 1. The maximum absolute atomic E-state index is 11.6. The van der Waals surface area contributed by atoms with E-state index < -0.39 is 0 Å². The summed E-state index contributed by atoms with van der Waals surface area (Å²) in [5, 5.41) is 0. The minimum Gasteiger partial charge on any atom is -0.453 e. The molecule has 1 saturated heterocycles. The molecule has 1 aromatic carbocycles. The van der Waals surface area contributed by atoms with Crippen LogP contribution in [0.5, 0.6) is 0 Å². The molecule has 0 aliphatic carbocycles. The number of hydrogen-bond donors (Lipinski definition) is 1. The molecule has 1 aliphatic rings. The molecule has 0 saturated carbocycles. The van der Waals surface area contributed by atoms with Crippen molar-refractivity contribution in [3.63, 3.8) is 0 Å². The number of hydrogen-bond acceptors (Lipinski definition) is 3. The molecule has 1 unspecified atom stereocenters. The van der Waals surface area contributed by atoms with Gasteiger partial charge in [0.1, 0.15) is 0 Å². The first-order valence-corrected chi connectivity index (χ1v) is 5.42. The SMILES string of the molecule is COC(=O)N1CCCC1c1cccc(N)c1. The Labute approximate surface area is 95.0 Å².